The third kappa shape index (κ3) is 3.60. The topological polar surface area (TPSA) is 50.6 Å². The molecule has 2 aliphatic rings. The quantitative estimate of drug-likeness (QED) is 0.850. The van der Waals surface area contributed by atoms with E-state index in [1.165, 1.54) is 0 Å². The number of rotatable bonds is 4. The zero-order chi connectivity index (χ0) is 17.1. The number of amides is 1. The Kier molecular flexibility index (Phi) is 4.81. The maximum absolute atomic E-state index is 12.8. The second-order valence-electron chi connectivity index (χ2n) is 6.65. The fourth-order valence-electron chi connectivity index (χ4n) is 3.67. The van der Waals surface area contributed by atoms with E-state index in [1.807, 2.05) is 52.2 Å². The molecule has 1 aromatic heterocycles. The van der Waals surface area contributed by atoms with Gasteiger partial charge in [0.25, 0.3) is 0 Å². The van der Waals surface area contributed by atoms with E-state index in [-0.39, 0.29) is 11.9 Å². The summed E-state index contributed by atoms with van der Waals surface area (Å²) in [5.41, 5.74) is 2.06. The van der Waals surface area contributed by atoms with Crippen molar-refractivity contribution in [1.82, 2.24) is 19.6 Å². The number of nitrogens with zero attached hydrogens (tertiary/aromatic N) is 4. The van der Waals surface area contributed by atoms with Gasteiger partial charge in [0.1, 0.15) is 0 Å². The average molecular weight is 340 g/mol. The minimum Gasteiger partial charge on any atom is -0.378 e. The van der Waals surface area contributed by atoms with Gasteiger partial charge in [0.2, 0.25) is 5.91 Å². The molecule has 0 radical (unpaired) electrons. The minimum atomic E-state index is -0.0139. The van der Waals surface area contributed by atoms with Crippen LogP contribution in [0.15, 0.2) is 42.6 Å². The largest absolute Gasteiger partial charge is 0.378 e. The third-order valence-electron chi connectivity index (χ3n) is 5.00. The first-order valence-electron chi connectivity index (χ1n) is 9.02. The van der Waals surface area contributed by atoms with E-state index in [2.05, 4.69) is 10.00 Å². The molecule has 1 atom stereocenters. The van der Waals surface area contributed by atoms with Crippen molar-refractivity contribution in [3.8, 4) is 5.69 Å². The smallest absolute Gasteiger partial charge is 0.240 e. The van der Waals surface area contributed by atoms with Crippen molar-refractivity contribution in [2.24, 2.45) is 0 Å². The van der Waals surface area contributed by atoms with Gasteiger partial charge in [-0.1, -0.05) is 18.2 Å². The lowest BCUT2D eigenvalue weighted by Gasteiger charge is -2.32. The van der Waals surface area contributed by atoms with Crippen LogP contribution in [0.25, 0.3) is 5.69 Å². The van der Waals surface area contributed by atoms with Gasteiger partial charge >= 0.3 is 0 Å². The summed E-state index contributed by atoms with van der Waals surface area (Å²) in [5.74, 6) is 0.253. The molecule has 4 rings (SSSR count). The number of carbonyl (C=O) groups excluding carboxylic acids is 1. The van der Waals surface area contributed by atoms with E-state index in [1.54, 1.807) is 0 Å². The zero-order valence-corrected chi connectivity index (χ0v) is 14.4. The maximum Gasteiger partial charge on any atom is 0.240 e. The van der Waals surface area contributed by atoms with E-state index in [0.717, 1.165) is 37.3 Å². The molecule has 3 heterocycles. The highest BCUT2D eigenvalue weighted by Crippen LogP contribution is 2.22. The van der Waals surface area contributed by atoms with E-state index >= 15 is 0 Å². The number of benzene rings is 1. The molecule has 1 aromatic carbocycles. The Labute approximate surface area is 148 Å². The molecule has 0 spiro atoms. The number of morpholine rings is 1. The Morgan fingerprint density at radius 3 is 2.72 bits per heavy atom. The van der Waals surface area contributed by atoms with Crippen LogP contribution in [0, 0.1) is 0 Å². The SMILES string of the molecule is O=C([C@@H]1CCCN1Cc1ccn(-c2ccccc2)n1)N1CCOCC1. The summed E-state index contributed by atoms with van der Waals surface area (Å²) in [6.45, 7) is 4.41. The van der Waals surface area contributed by atoms with Crippen LogP contribution in [0.3, 0.4) is 0 Å². The van der Waals surface area contributed by atoms with Gasteiger partial charge < -0.3 is 9.64 Å². The van der Waals surface area contributed by atoms with E-state index < -0.39 is 0 Å². The molecule has 2 fully saturated rings. The molecule has 2 saturated heterocycles. The summed E-state index contributed by atoms with van der Waals surface area (Å²) in [7, 11) is 0. The van der Waals surface area contributed by atoms with Gasteiger partial charge in [-0.3, -0.25) is 9.69 Å². The van der Waals surface area contributed by atoms with E-state index in [4.69, 9.17) is 4.74 Å². The van der Waals surface area contributed by atoms with Crippen LogP contribution < -0.4 is 0 Å². The first kappa shape index (κ1) is 16.3. The van der Waals surface area contributed by atoms with Crippen LogP contribution in [0.1, 0.15) is 18.5 Å². The molecular weight excluding hydrogens is 316 g/mol. The second kappa shape index (κ2) is 7.37. The molecule has 0 N–H and O–H groups in total. The standard InChI is InChI=1S/C19H24N4O2/c24-19(21-11-13-25-14-12-21)18-7-4-9-22(18)15-16-8-10-23(20-16)17-5-2-1-3-6-17/h1-3,5-6,8,10,18H,4,7,9,11-15H2/t18-/m0/s1. The predicted octanol–water partition coefficient (Wildman–Crippen LogP) is 1.70. The van der Waals surface area contributed by atoms with Crippen molar-refractivity contribution in [3.05, 3.63) is 48.3 Å². The molecule has 2 aliphatic heterocycles. The van der Waals surface area contributed by atoms with Crippen molar-refractivity contribution < 1.29 is 9.53 Å². The summed E-state index contributed by atoms with van der Waals surface area (Å²) in [4.78, 5) is 17.1. The van der Waals surface area contributed by atoms with Crippen LogP contribution in [-0.2, 0) is 16.1 Å². The van der Waals surface area contributed by atoms with Gasteiger partial charge in [-0.25, -0.2) is 4.68 Å². The number of ether oxygens (including phenoxy) is 1. The molecule has 0 bridgehead atoms. The number of likely N-dealkylation sites (tertiary alicyclic amines) is 1. The first-order chi connectivity index (χ1) is 12.3. The number of para-hydroxylation sites is 1. The summed E-state index contributed by atoms with van der Waals surface area (Å²) in [6.07, 6.45) is 4.00. The Balaban J connectivity index is 1.43. The number of carbonyl (C=O) groups is 1. The lowest BCUT2D eigenvalue weighted by Crippen LogP contribution is -2.49. The Morgan fingerprint density at radius 1 is 1.12 bits per heavy atom. The first-order valence-corrected chi connectivity index (χ1v) is 9.02. The molecule has 25 heavy (non-hydrogen) atoms. The minimum absolute atomic E-state index is 0.0139. The van der Waals surface area contributed by atoms with Crippen LogP contribution >= 0.6 is 0 Å². The highest BCUT2D eigenvalue weighted by molar-refractivity contribution is 5.82. The summed E-state index contributed by atoms with van der Waals surface area (Å²) in [5, 5.41) is 4.68. The fraction of sp³-hybridized carbons (Fsp3) is 0.474. The Bertz CT molecular complexity index is 709. The van der Waals surface area contributed by atoms with Crippen LogP contribution in [0.4, 0.5) is 0 Å². The van der Waals surface area contributed by atoms with Gasteiger partial charge in [-0.2, -0.15) is 5.10 Å². The van der Waals surface area contributed by atoms with Crippen molar-refractivity contribution in [2.75, 3.05) is 32.8 Å². The van der Waals surface area contributed by atoms with E-state index in [0.29, 0.717) is 26.3 Å². The average Bonchev–Trinajstić information content (AvgIpc) is 3.33. The zero-order valence-electron chi connectivity index (χ0n) is 14.4. The molecule has 0 unspecified atom stereocenters. The maximum atomic E-state index is 12.8. The molecule has 6 nitrogen and oxygen atoms in total. The predicted molar refractivity (Wildman–Crippen MR) is 94.4 cm³/mol. The fourth-order valence-corrected chi connectivity index (χ4v) is 3.67. The number of hydrogen-bond donors (Lipinski definition) is 0. The van der Waals surface area contributed by atoms with Gasteiger partial charge in [0.05, 0.1) is 30.6 Å². The molecular formula is C19H24N4O2. The number of hydrogen-bond acceptors (Lipinski definition) is 4. The molecule has 6 heteroatoms. The van der Waals surface area contributed by atoms with E-state index in [9.17, 15) is 4.79 Å². The molecule has 0 saturated carbocycles. The lowest BCUT2D eigenvalue weighted by molar-refractivity contribution is -0.140. The summed E-state index contributed by atoms with van der Waals surface area (Å²) in [6, 6.07) is 12.1. The van der Waals surface area contributed by atoms with Crippen molar-refractivity contribution in [1.29, 1.82) is 0 Å². The molecule has 0 aliphatic carbocycles. The third-order valence-corrected chi connectivity index (χ3v) is 5.00. The monoisotopic (exact) mass is 340 g/mol. The van der Waals surface area contributed by atoms with Gasteiger partial charge in [0, 0.05) is 25.8 Å². The summed E-state index contributed by atoms with van der Waals surface area (Å²) < 4.78 is 7.25. The highest BCUT2D eigenvalue weighted by Gasteiger charge is 2.34. The second-order valence-corrected chi connectivity index (χ2v) is 6.65. The van der Waals surface area contributed by atoms with Crippen molar-refractivity contribution >= 4 is 5.91 Å². The van der Waals surface area contributed by atoms with Crippen molar-refractivity contribution in [3.63, 3.8) is 0 Å². The van der Waals surface area contributed by atoms with Gasteiger partial charge in [-0.15, -0.1) is 0 Å². The Hall–Kier alpha value is -2.18. The van der Waals surface area contributed by atoms with Crippen LogP contribution in [0.5, 0.6) is 0 Å². The normalized spacial score (nSPS) is 21.6. The Morgan fingerprint density at radius 2 is 1.92 bits per heavy atom. The van der Waals surface area contributed by atoms with Crippen LogP contribution in [0.2, 0.25) is 0 Å². The molecule has 1 amide bonds. The lowest BCUT2D eigenvalue weighted by atomic mass is 10.2. The van der Waals surface area contributed by atoms with Gasteiger partial charge in [0.15, 0.2) is 0 Å². The number of aromatic nitrogens is 2. The molecule has 132 valence electrons. The van der Waals surface area contributed by atoms with Crippen molar-refractivity contribution in [2.45, 2.75) is 25.4 Å². The summed E-state index contributed by atoms with van der Waals surface area (Å²) >= 11 is 0. The highest BCUT2D eigenvalue weighted by atomic mass is 16.5. The van der Waals surface area contributed by atoms with Crippen LogP contribution in [-0.4, -0.2) is 64.4 Å². The van der Waals surface area contributed by atoms with Gasteiger partial charge in [-0.05, 0) is 37.6 Å². The molecule has 2 aromatic rings.